The highest BCUT2D eigenvalue weighted by atomic mass is 35.5. The summed E-state index contributed by atoms with van der Waals surface area (Å²) in [5.74, 6) is -0.356. The lowest BCUT2D eigenvalue weighted by molar-refractivity contribution is -0.144. The zero-order chi connectivity index (χ0) is 15.4. The van der Waals surface area contributed by atoms with Crippen LogP contribution in [0.3, 0.4) is 0 Å². The highest BCUT2D eigenvalue weighted by Crippen LogP contribution is 2.29. The highest BCUT2D eigenvalue weighted by molar-refractivity contribution is 6.33. The van der Waals surface area contributed by atoms with Gasteiger partial charge in [0.05, 0.1) is 23.0 Å². The monoisotopic (exact) mass is 307 g/mol. The third-order valence-electron chi connectivity index (χ3n) is 3.17. The summed E-state index contributed by atoms with van der Waals surface area (Å²) in [4.78, 5) is 12.3. The van der Waals surface area contributed by atoms with Crippen molar-refractivity contribution in [2.75, 3.05) is 11.9 Å². The van der Waals surface area contributed by atoms with E-state index in [0.29, 0.717) is 17.3 Å². The minimum absolute atomic E-state index is 0.315. The number of rotatable bonds is 5. The molecule has 1 atom stereocenters. The Bertz CT molecular complexity index is 620. The fourth-order valence-electron chi connectivity index (χ4n) is 2.19. The molecule has 21 heavy (non-hydrogen) atoms. The third-order valence-corrected chi connectivity index (χ3v) is 3.50. The number of para-hydroxylation sites is 1. The van der Waals surface area contributed by atoms with E-state index in [1.807, 2.05) is 32.0 Å². The first kappa shape index (κ1) is 15.4. The minimum atomic E-state index is -0.649. The average molecular weight is 308 g/mol. The molecule has 112 valence electrons. The minimum Gasteiger partial charge on any atom is -0.464 e. The van der Waals surface area contributed by atoms with Crippen LogP contribution in [0, 0.1) is 13.8 Å². The standard InChI is InChI=1S/C15H18ClN3O2/c1-4-21-15(20)14(13-9(2)18-19-10(13)3)17-12-8-6-5-7-11(12)16/h5-8,14,17H,4H2,1-3H3,(H,18,19). The van der Waals surface area contributed by atoms with E-state index in [0.717, 1.165) is 17.0 Å². The summed E-state index contributed by atoms with van der Waals surface area (Å²) in [5.41, 5.74) is 3.04. The second-order valence-corrected chi connectivity index (χ2v) is 5.06. The molecule has 2 N–H and O–H groups in total. The number of aryl methyl sites for hydroxylation is 2. The van der Waals surface area contributed by atoms with Crippen molar-refractivity contribution in [2.24, 2.45) is 0 Å². The van der Waals surface area contributed by atoms with Crippen molar-refractivity contribution in [2.45, 2.75) is 26.8 Å². The van der Waals surface area contributed by atoms with Gasteiger partial charge in [-0.25, -0.2) is 4.79 Å². The van der Waals surface area contributed by atoms with Crippen LogP contribution in [0.2, 0.25) is 5.02 Å². The number of anilines is 1. The summed E-state index contributed by atoms with van der Waals surface area (Å²) in [5, 5.41) is 10.7. The van der Waals surface area contributed by atoms with E-state index in [-0.39, 0.29) is 5.97 Å². The molecule has 1 aromatic carbocycles. The van der Waals surface area contributed by atoms with Gasteiger partial charge in [0.15, 0.2) is 6.04 Å². The molecule has 0 aliphatic carbocycles. The van der Waals surface area contributed by atoms with Crippen molar-refractivity contribution in [3.63, 3.8) is 0 Å². The number of H-pyrrole nitrogens is 1. The summed E-state index contributed by atoms with van der Waals surface area (Å²) in [6.07, 6.45) is 0. The van der Waals surface area contributed by atoms with Crippen LogP contribution in [0.4, 0.5) is 5.69 Å². The Labute approximate surface area is 128 Å². The van der Waals surface area contributed by atoms with Crippen LogP contribution in [0.25, 0.3) is 0 Å². The van der Waals surface area contributed by atoms with E-state index in [4.69, 9.17) is 16.3 Å². The number of hydrogen-bond acceptors (Lipinski definition) is 4. The molecule has 0 saturated carbocycles. The lowest BCUT2D eigenvalue weighted by Crippen LogP contribution is -2.24. The molecular weight excluding hydrogens is 290 g/mol. The Morgan fingerprint density at radius 3 is 2.71 bits per heavy atom. The SMILES string of the molecule is CCOC(=O)C(Nc1ccccc1Cl)c1c(C)n[nH]c1C. The Balaban J connectivity index is 2.38. The summed E-state index contributed by atoms with van der Waals surface area (Å²) in [6.45, 7) is 5.81. The van der Waals surface area contributed by atoms with Crippen molar-refractivity contribution in [3.05, 3.63) is 46.2 Å². The number of aromatic amines is 1. The third kappa shape index (κ3) is 3.36. The number of ether oxygens (including phenoxy) is 1. The first-order valence-electron chi connectivity index (χ1n) is 6.73. The van der Waals surface area contributed by atoms with Gasteiger partial charge in [-0.15, -0.1) is 0 Å². The van der Waals surface area contributed by atoms with Crippen molar-refractivity contribution in [1.29, 1.82) is 0 Å². The molecule has 2 aromatic rings. The number of halogens is 1. The molecular formula is C15H18ClN3O2. The van der Waals surface area contributed by atoms with E-state index < -0.39 is 6.04 Å². The maximum absolute atomic E-state index is 12.3. The van der Waals surface area contributed by atoms with Crippen molar-refractivity contribution < 1.29 is 9.53 Å². The topological polar surface area (TPSA) is 67.0 Å². The Kier molecular flexibility index (Phi) is 4.85. The molecule has 0 aliphatic heterocycles. The molecule has 0 bridgehead atoms. The molecule has 0 radical (unpaired) electrons. The van der Waals surface area contributed by atoms with E-state index in [1.165, 1.54) is 0 Å². The van der Waals surface area contributed by atoms with E-state index >= 15 is 0 Å². The predicted molar refractivity (Wildman–Crippen MR) is 82.5 cm³/mol. The molecule has 0 amide bonds. The van der Waals surface area contributed by atoms with Gasteiger partial charge in [-0.3, -0.25) is 5.10 Å². The zero-order valence-corrected chi connectivity index (χ0v) is 13.0. The maximum atomic E-state index is 12.3. The van der Waals surface area contributed by atoms with Gasteiger partial charge in [-0.2, -0.15) is 5.10 Å². The average Bonchev–Trinajstić information content (AvgIpc) is 2.78. The summed E-state index contributed by atoms with van der Waals surface area (Å²) in [7, 11) is 0. The fraction of sp³-hybridized carbons (Fsp3) is 0.333. The number of hydrogen-bond donors (Lipinski definition) is 2. The van der Waals surface area contributed by atoms with Crippen molar-refractivity contribution in [3.8, 4) is 0 Å². The number of carbonyl (C=O) groups is 1. The first-order chi connectivity index (χ1) is 10.0. The van der Waals surface area contributed by atoms with E-state index in [9.17, 15) is 4.79 Å². The quantitative estimate of drug-likeness (QED) is 0.831. The van der Waals surface area contributed by atoms with Gasteiger partial charge in [0.2, 0.25) is 0 Å². The molecule has 6 heteroatoms. The Morgan fingerprint density at radius 1 is 1.43 bits per heavy atom. The molecule has 5 nitrogen and oxygen atoms in total. The highest BCUT2D eigenvalue weighted by Gasteiger charge is 2.27. The van der Waals surface area contributed by atoms with Gasteiger partial charge in [0.1, 0.15) is 0 Å². The van der Waals surface area contributed by atoms with Crippen LogP contribution in [0.1, 0.15) is 29.9 Å². The second-order valence-electron chi connectivity index (χ2n) is 4.66. The maximum Gasteiger partial charge on any atom is 0.333 e. The van der Waals surface area contributed by atoms with Crippen molar-refractivity contribution in [1.82, 2.24) is 10.2 Å². The number of nitrogens with zero attached hydrogens (tertiary/aromatic N) is 1. The number of carbonyl (C=O) groups excluding carboxylic acids is 1. The van der Waals surface area contributed by atoms with Gasteiger partial charge < -0.3 is 10.1 Å². The van der Waals surface area contributed by atoms with Crippen LogP contribution in [0.15, 0.2) is 24.3 Å². The predicted octanol–water partition coefficient (Wildman–Crippen LogP) is 3.40. The molecule has 1 heterocycles. The lowest BCUT2D eigenvalue weighted by Gasteiger charge is -2.19. The number of benzene rings is 1. The summed E-state index contributed by atoms with van der Waals surface area (Å²) >= 11 is 6.15. The lowest BCUT2D eigenvalue weighted by atomic mass is 10.0. The van der Waals surface area contributed by atoms with Crippen LogP contribution in [-0.2, 0) is 9.53 Å². The van der Waals surface area contributed by atoms with Crippen LogP contribution in [-0.4, -0.2) is 22.8 Å². The van der Waals surface area contributed by atoms with Crippen LogP contribution >= 0.6 is 11.6 Å². The number of esters is 1. The summed E-state index contributed by atoms with van der Waals surface area (Å²) < 4.78 is 5.16. The molecule has 1 aromatic heterocycles. The van der Waals surface area contributed by atoms with Gasteiger partial charge in [-0.1, -0.05) is 23.7 Å². The first-order valence-corrected chi connectivity index (χ1v) is 7.11. The smallest absolute Gasteiger partial charge is 0.333 e. The Hall–Kier alpha value is -2.01. The molecule has 0 aliphatic rings. The van der Waals surface area contributed by atoms with Crippen molar-refractivity contribution >= 4 is 23.3 Å². The van der Waals surface area contributed by atoms with Gasteiger partial charge >= 0.3 is 5.97 Å². The zero-order valence-electron chi connectivity index (χ0n) is 12.2. The molecule has 2 rings (SSSR count). The fourth-order valence-corrected chi connectivity index (χ4v) is 2.38. The van der Waals surface area contributed by atoms with Gasteiger partial charge in [0.25, 0.3) is 0 Å². The Morgan fingerprint density at radius 2 is 2.14 bits per heavy atom. The van der Waals surface area contributed by atoms with E-state index in [1.54, 1.807) is 13.0 Å². The van der Waals surface area contributed by atoms with Gasteiger partial charge in [-0.05, 0) is 32.9 Å². The summed E-state index contributed by atoms with van der Waals surface area (Å²) in [6, 6.07) is 6.62. The normalized spacial score (nSPS) is 12.0. The van der Waals surface area contributed by atoms with Crippen LogP contribution in [0.5, 0.6) is 0 Å². The van der Waals surface area contributed by atoms with Gasteiger partial charge in [0, 0.05) is 11.3 Å². The second kappa shape index (κ2) is 6.63. The molecule has 0 fully saturated rings. The van der Waals surface area contributed by atoms with E-state index in [2.05, 4.69) is 15.5 Å². The number of nitrogens with one attached hydrogen (secondary N) is 2. The molecule has 0 saturated heterocycles. The molecule has 1 unspecified atom stereocenters. The number of aromatic nitrogens is 2. The van der Waals surface area contributed by atoms with Crippen LogP contribution < -0.4 is 5.32 Å². The molecule has 0 spiro atoms. The largest absolute Gasteiger partial charge is 0.464 e.